The van der Waals surface area contributed by atoms with Crippen LogP contribution in [0.1, 0.15) is 12.8 Å². The predicted octanol–water partition coefficient (Wildman–Crippen LogP) is 0.697. The van der Waals surface area contributed by atoms with Crippen LogP contribution in [-0.4, -0.2) is 50.3 Å². The van der Waals surface area contributed by atoms with Crippen LogP contribution in [0.5, 0.6) is 0 Å². The average Bonchev–Trinajstić information content (AvgIpc) is 2.40. The normalized spacial score (nSPS) is 19.5. The fourth-order valence-electron chi connectivity index (χ4n) is 1.80. The highest BCUT2D eigenvalue weighted by Crippen LogP contribution is 2.32. The monoisotopic (exact) mass is 255 g/mol. The molecule has 96 valence electrons. The Kier molecular flexibility index (Phi) is 6.23. The zero-order valence-electron chi connectivity index (χ0n) is 10.6. The lowest BCUT2D eigenvalue weighted by Crippen LogP contribution is -2.47. The van der Waals surface area contributed by atoms with Crippen molar-refractivity contribution >= 4 is 17.7 Å². The third-order valence-corrected chi connectivity index (χ3v) is 4.42. The molecule has 0 bridgehead atoms. The highest BCUT2D eigenvalue weighted by Gasteiger charge is 2.31. The van der Waals surface area contributed by atoms with Crippen molar-refractivity contribution in [3.8, 4) is 12.3 Å². The van der Waals surface area contributed by atoms with Crippen molar-refractivity contribution in [1.29, 1.82) is 0 Å². The number of thioether (sulfide) groups is 1. The first-order valence-electron chi connectivity index (χ1n) is 5.77. The van der Waals surface area contributed by atoms with Crippen LogP contribution in [0.15, 0.2) is 4.99 Å². The van der Waals surface area contributed by atoms with E-state index in [-0.39, 0.29) is 4.75 Å². The molecule has 1 fully saturated rings. The van der Waals surface area contributed by atoms with Crippen LogP contribution in [-0.2, 0) is 4.74 Å². The van der Waals surface area contributed by atoms with Crippen LogP contribution < -0.4 is 10.6 Å². The van der Waals surface area contributed by atoms with Gasteiger partial charge in [0.05, 0.1) is 6.54 Å². The Morgan fingerprint density at radius 2 is 2.18 bits per heavy atom. The van der Waals surface area contributed by atoms with Crippen molar-refractivity contribution in [3.05, 3.63) is 0 Å². The first-order valence-corrected chi connectivity index (χ1v) is 7.00. The van der Waals surface area contributed by atoms with E-state index < -0.39 is 0 Å². The third kappa shape index (κ3) is 4.49. The van der Waals surface area contributed by atoms with Gasteiger partial charge in [-0.3, -0.25) is 4.99 Å². The number of aliphatic imine (C=N–C) groups is 1. The number of hydrogen-bond acceptors (Lipinski definition) is 3. The van der Waals surface area contributed by atoms with E-state index >= 15 is 0 Å². The van der Waals surface area contributed by atoms with E-state index in [2.05, 4.69) is 27.8 Å². The first kappa shape index (κ1) is 14.2. The van der Waals surface area contributed by atoms with E-state index in [1.807, 2.05) is 11.8 Å². The van der Waals surface area contributed by atoms with Crippen molar-refractivity contribution in [2.45, 2.75) is 17.6 Å². The summed E-state index contributed by atoms with van der Waals surface area (Å²) in [5.41, 5.74) is 0. The number of nitrogens with zero attached hydrogens (tertiary/aromatic N) is 1. The van der Waals surface area contributed by atoms with Crippen molar-refractivity contribution < 1.29 is 4.74 Å². The van der Waals surface area contributed by atoms with Crippen LogP contribution in [0, 0.1) is 12.3 Å². The van der Waals surface area contributed by atoms with Crippen molar-refractivity contribution in [2.75, 3.05) is 39.6 Å². The smallest absolute Gasteiger partial charge is 0.191 e. The fourth-order valence-corrected chi connectivity index (χ4v) is 2.59. The molecule has 4 nitrogen and oxygen atoms in total. The number of nitrogens with one attached hydrogen (secondary N) is 2. The maximum Gasteiger partial charge on any atom is 0.191 e. The molecule has 1 heterocycles. The summed E-state index contributed by atoms with van der Waals surface area (Å²) in [6.07, 6.45) is 9.52. The van der Waals surface area contributed by atoms with Crippen LogP contribution in [0.2, 0.25) is 0 Å². The first-order chi connectivity index (χ1) is 8.26. The lowest BCUT2D eigenvalue weighted by molar-refractivity contribution is 0.0783. The van der Waals surface area contributed by atoms with E-state index in [0.29, 0.717) is 6.54 Å². The summed E-state index contributed by atoms with van der Waals surface area (Å²) in [5.74, 6) is 3.30. The second-order valence-electron chi connectivity index (χ2n) is 3.98. The molecule has 0 aromatic heterocycles. The molecule has 0 aliphatic carbocycles. The molecule has 0 radical (unpaired) electrons. The van der Waals surface area contributed by atoms with Crippen molar-refractivity contribution in [1.82, 2.24) is 10.6 Å². The summed E-state index contributed by atoms with van der Waals surface area (Å²) >= 11 is 1.90. The molecule has 0 saturated carbocycles. The van der Waals surface area contributed by atoms with E-state index in [1.54, 1.807) is 7.05 Å². The summed E-state index contributed by atoms with van der Waals surface area (Å²) in [4.78, 5) is 4.13. The maximum absolute atomic E-state index is 5.41. The topological polar surface area (TPSA) is 45.7 Å². The molecule has 0 spiro atoms. The molecule has 0 aromatic rings. The molecule has 0 atom stereocenters. The molecule has 1 aliphatic heterocycles. The summed E-state index contributed by atoms with van der Waals surface area (Å²) in [6.45, 7) is 3.08. The van der Waals surface area contributed by atoms with E-state index in [4.69, 9.17) is 11.2 Å². The van der Waals surface area contributed by atoms with E-state index in [0.717, 1.165) is 38.6 Å². The predicted molar refractivity (Wildman–Crippen MR) is 74.5 cm³/mol. The lowest BCUT2D eigenvalue weighted by Gasteiger charge is -2.36. The molecule has 0 unspecified atom stereocenters. The SMILES string of the molecule is C#CCNC(=NC)NCC1(SC)CCOCC1. The minimum atomic E-state index is 0.256. The largest absolute Gasteiger partial charge is 0.381 e. The Morgan fingerprint density at radius 1 is 1.47 bits per heavy atom. The molecular weight excluding hydrogens is 234 g/mol. The Morgan fingerprint density at radius 3 is 2.71 bits per heavy atom. The summed E-state index contributed by atoms with van der Waals surface area (Å²) in [7, 11) is 1.75. The Labute approximate surface area is 108 Å². The number of hydrogen-bond donors (Lipinski definition) is 2. The van der Waals surface area contributed by atoms with Crippen LogP contribution >= 0.6 is 11.8 Å². The van der Waals surface area contributed by atoms with Gasteiger partial charge in [-0.15, -0.1) is 6.42 Å². The molecule has 1 rings (SSSR count). The third-order valence-electron chi connectivity index (χ3n) is 3.00. The quantitative estimate of drug-likeness (QED) is 0.441. The summed E-state index contributed by atoms with van der Waals surface area (Å²) < 4.78 is 5.67. The molecule has 0 amide bonds. The van der Waals surface area contributed by atoms with Gasteiger partial charge < -0.3 is 15.4 Å². The van der Waals surface area contributed by atoms with Gasteiger partial charge in [0.2, 0.25) is 0 Å². The minimum Gasteiger partial charge on any atom is -0.381 e. The minimum absolute atomic E-state index is 0.256. The maximum atomic E-state index is 5.41. The zero-order chi connectivity index (χ0) is 12.6. The van der Waals surface area contributed by atoms with Crippen LogP contribution in [0.25, 0.3) is 0 Å². The lowest BCUT2D eigenvalue weighted by atomic mass is 9.99. The van der Waals surface area contributed by atoms with Gasteiger partial charge in [-0.25, -0.2) is 0 Å². The highest BCUT2D eigenvalue weighted by atomic mass is 32.2. The van der Waals surface area contributed by atoms with Crippen LogP contribution in [0.3, 0.4) is 0 Å². The molecule has 0 aromatic carbocycles. The van der Waals surface area contributed by atoms with Crippen LogP contribution in [0.4, 0.5) is 0 Å². The Bertz CT molecular complexity index is 293. The van der Waals surface area contributed by atoms with Gasteiger partial charge in [0.25, 0.3) is 0 Å². The summed E-state index contributed by atoms with van der Waals surface area (Å²) in [5, 5.41) is 6.39. The second-order valence-corrected chi connectivity index (χ2v) is 5.26. The fraction of sp³-hybridized carbons (Fsp3) is 0.750. The Balaban J connectivity index is 2.43. The van der Waals surface area contributed by atoms with Crippen molar-refractivity contribution in [2.24, 2.45) is 4.99 Å². The van der Waals surface area contributed by atoms with Gasteiger partial charge in [0.15, 0.2) is 5.96 Å². The van der Waals surface area contributed by atoms with Gasteiger partial charge in [0.1, 0.15) is 0 Å². The van der Waals surface area contributed by atoms with Crippen molar-refractivity contribution in [3.63, 3.8) is 0 Å². The van der Waals surface area contributed by atoms with Gasteiger partial charge in [0, 0.05) is 31.6 Å². The molecule has 1 aliphatic rings. The molecular formula is C12H21N3OS. The van der Waals surface area contributed by atoms with Gasteiger partial charge in [-0.05, 0) is 19.1 Å². The number of rotatable bonds is 4. The summed E-state index contributed by atoms with van der Waals surface area (Å²) in [6, 6.07) is 0. The van der Waals surface area contributed by atoms with E-state index in [1.165, 1.54) is 0 Å². The van der Waals surface area contributed by atoms with Gasteiger partial charge in [-0.1, -0.05) is 5.92 Å². The number of guanidine groups is 1. The second kappa shape index (κ2) is 7.46. The molecule has 17 heavy (non-hydrogen) atoms. The zero-order valence-corrected chi connectivity index (χ0v) is 11.4. The van der Waals surface area contributed by atoms with Gasteiger partial charge in [-0.2, -0.15) is 11.8 Å². The standard InChI is InChI=1S/C12H21N3OS/c1-4-7-14-11(13-2)15-10-12(17-3)5-8-16-9-6-12/h1H,5-10H2,2-3H3,(H2,13,14,15). The number of terminal acetylenes is 1. The molecule has 5 heteroatoms. The Hall–Kier alpha value is -0.860. The van der Waals surface area contributed by atoms with Gasteiger partial charge >= 0.3 is 0 Å². The molecule has 1 saturated heterocycles. The van der Waals surface area contributed by atoms with E-state index in [9.17, 15) is 0 Å². The molecule has 2 N–H and O–H groups in total. The highest BCUT2D eigenvalue weighted by molar-refractivity contribution is 8.00. The number of ether oxygens (including phenoxy) is 1. The average molecular weight is 255 g/mol.